The SMILES string of the molecule is CC(=O)c1c(C)cc2cc(C(=O)O)cc(OC3OC(CO)C4(CCC5CC6(CCC7(CCCC78CCCC8)C6)CC6COCC(CCCO)(CSSCO4)C56)C(O)C3O)c2c1O. The minimum absolute atomic E-state index is 0.0506. The minimum atomic E-state index is -1.71. The number of aliphatic hydroxyl groups is 4. The number of ether oxygens (including phenoxy) is 4. The van der Waals surface area contributed by atoms with E-state index in [9.17, 15) is 40.2 Å². The van der Waals surface area contributed by atoms with Gasteiger partial charge in [0.15, 0.2) is 5.78 Å². The zero-order chi connectivity index (χ0) is 43.7. The highest BCUT2D eigenvalue weighted by Crippen LogP contribution is 2.74. The second-order valence-corrected chi connectivity index (χ2v) is 23.1. The van der Waals surface area contributed by atoms with E-state index in [1.54, 1.807) is 23.8 Å². The van der Waals surface area contributed by atoms with Crippen LogP contribution in [0.5, 0.6) is 11.5 Å². The largest absolute Gasteiger partial charge is 0.506 e. The summed E-state index contributed by atoms with van der Waals surface area (Å²) in [6.45, 7) is 3.91. The highest BCUT2D eigenvalue weighted by atomic mass is 33.1. The molecule has 3 aliphatic heterocycles. The maximum Gasteiger partial charge on any atom is 0.335 e. The molecule has 4 aliphatic carbocycles. The van der Waals surface area contributed by atoms with Gasteiger partial charge in [0.05, 0.1) is 29.7 Å². The number of benzene rings is 2. The highest BCUT2D eigenvalue weighted by molar-refractivity contribution is 8.76. The second kappa shape index (κ2) is 17.3. The Hall–Kier alpha value is -2.14. The third-order valence-corrected chi connectivity index (χ3v) is 19.8. The number of phenolic OH excluding ortho intramolecular Hbond substituents is 1. The molecular formula is C48H66O12S2. The number of aliphatic hydroxyl groups excluding tert-OH is 4. The van der Waals surface area contributed by atoms with Crippen molar-refractivity contribution in [2.75, 3.05) is 38.1 Å². The van der Waals surface area contributed by atoms with Crippen LogP contribution in [0.4, 0.5) is 0 Å². The molecule has 11 unspecified atom stereocenters. The third kappa shape index (κ3) is 7.41. The first-order valence-corrected chi connectivity index (χ1v) is 25.6. The molecule has 7 aliphatic rings. The smallest absolute Gasteiger partial charge is 0.335 e. The van der Waals surface area contributed by atoms with Gasteiger partial charge in [-0.1, -0.05) is 46.9 Å². The van der Waals surface area contributed by atoms with E-state index in [-0.39, 0.29) is 51.6 Å². The van der Waals surface area contributed by atoms with Gasteiger partial charge in [-0.15, -0.1) is 0 Å². The van der Waals surface area contributed by atoms with Gasteiger partial charge in [-0.25, -0.2) is 4.79 Å². The zero-order valence-corrected chi connectivity index (χ0v) is 37.9. The van der Waals surface area contributed by atoms with E-state index in [1.165, 1.54) is 94.1 Å². The van der Waals surface area contributed by atoms with Crippen LogP contribution in [0, 0.1) is 46.3 Å². The number of aromatic carboxylic acids is 1. The minimum Gasteiger partial charge on any atom is -0.506 e. The molecule has 62 heavy (non-hydrogen) atoms. The first-order chi connectivity index (χ1) is 29.7. The molecule has 0 amide bonds. The van der Waals surface area contributed by atoms with Crippen LogP contribution in [0.25, 0.3) is 10.8 Å². The van der Waals surface area contributed by atoms with Crippen molar-refractivity contribution >= 4 is 44.1 Å². The quantitative estimate of drug-likeness (QED) is 0.111. The van der Waals surface area contributed by atoms with Crippen molar-refractivity contribution in [2.45, 2.75) is 147 Å². The van der Waals surface area contributed by atoms with Gasteiger partial charge >= 0.3 is 5.97 Å². The molecule has 0 radical (unpaired) electrons. The van der Waals surface area contributed by atoms with Gasteiger partial charge in [-0.2, -0.15) is 0 Å². The average Bonchev–Trinajstić information content (AvgIpc) is 3.96. The van der Waals surface area contributed by atoms with Gasteiger partial charge in [0, 0.05) is 24.4 Å². The summed E-state index contributed by atoms with van der Waals surface area (Å²) in [5.41, 5.74) is -0.216. The van der Waals surface area contributed by atoms with Gasteiger partial charge in [0.2, 0.25) is 6.29 Å². The molecule has 4 spiro atoms. The van der Waals surface area contributed by atoms with Gasteiger partial charge in [-0.3, -0.25) is 4.79 Å². The van der Waals surface area contributed by atoms with Crippen LogP contribution in [-0.2, 0) is 14.2 Å². The van der Waals surface area contributed by atoms with Crippen LogP contribution >= 0.6 is 21.6 Å². The van der Waals surface area contributed by atoms with Gasteiger partial charge in [0.25, 0.3) is 0 Å². The van der Waals surface area contributed by atoms with Crippen LogP contribution in [-0.4, -0.2) is 111 Å². The Balaban J connectivity index is 1.05. The molecule has 12 nitrogen and oxygen atoms in total. The molecular weight excluding hydrogens is 833 g/mol. The summed E-state index contributed by atoms with van der Waals surface area (Å²) >= 11 is 0. The number of hydrogen-bond acceptors (Lipinski definition) is 13. The summed E-state index contributed by atoms with van der Waals surface area (Å²) in [5, 5.41) is 67.5. The Bertz CT molecular complexity index is 2010. The lowest BCUT2D eigenvalue weighted by Gasteiger charge is -2.58. The topological polar surface area (TPSA) is 192 Å². The number of Topliss-reactive ketones (excluding diaryl/α,β-unsaturated/α-hetero) is 1. The number of hydrogen-bond donors (Lipinski definition) is 6. The molecule has 4 saturated carbocycles. The molecule has 342 valence electrons. The lowest BCUT2D eigenvalue weighted by Crippen LogP contribution is -2.69. The fraction of sp³-hybridized carbons (Fsp3) is 0.750. The van der Waals surface area contributed by atoms with Crippen molar-refractivity contribution in [3.8, 4) is 11.5 Å². The van der Waals surface area contributed by atoms with Crippen LogP contribution in [0.2, 0.25) is 0 Å². The Morgan fingerprint density at radius 1 is 0.935 bits per heavy atom. The fourth-order valence-corrected chi connectivity index (χ4v) is 17.6. The van der Waals surface area contributed by atoms with Crippen molar-refractivity contribution < 1.29 is 59.2 Å². The lowest BCUT2D eigenvalue weighted by molar-refractivity contribution is -0.323. The normalized spacial score (nSPS) is 39.4. The molecule has 14 heteroatoms. The number of carbonyl (C=O) groups is 2. The molecule has 3 heterocycles. The van der Waals surface area contributed by atoms with Crippen molar-refractivity contribution in [1.82, 2.24) is 0 Å². The Kier molecular flexibility index (Phi) is 12.5. The number of aryl methyl sites for hydroxylation is 1. The third-order valence-electron chi connectivity index (χ3n) is 17.5. The summed E-state index contributed by atoms with van der Waals surface area (Å²) in [6.07, 6.45) is 12.1. The Morgan fingerprint density at radius 2 is 1.69 bits per heavy atom. The van der Waals surface area contributed by atoms with E-state index >= 15 is 0 Å². The predicted octanol–water partition coefficient (Wildman–Crippen LogP) is 7.79. The van der Waals surface area contributed by atoms with Crippen LogP contribution in [0.1, 0.15) is 136 Å². The van der Waals surface area contributed by atoms with E-state index in [0.717, 1.165) is 31.6 Å². The molecule has 2 aromatic carbocycles. The Labute approximate surface area is 372 Å². The molecule has 2 aromatic rings. The van der Waals surface area contributed by atoms with Crippen molar-refractivity contribution in [1.29, 1.82) is 0 Å². The molecule has 9 rings (SSSR count). The van der Waals surface area contributed by atoms with E-state index in [4.69, 9.17) is 18.9 Å². The number of carboxylic acid groups (broad SMARTS) is 1. The van der Waals surface area contributed by atoms with Crippen molar-refractivity contribution in [2.24, 2.45) is 39.4 Å². The summed E-state index contributed by atoms with van der Waals surface area (Å²) in [7, 11) is 3.24. The molecule has 0 aromatic heterocycles. The van der Waals surface area contributed by atoms with Crippen LogP contribution in [0.3, 0.4) is 0 Å². The number of aromatic hydroxyl groups is 1. The molecule has 3 saturated heterocycles. The predicted molar refractivity (Wildman–Crippen MR) is 236 cm³/mol. The van der Waals surface area contributed by atoms with Crippen molar-refractivity contribution in [3.05, 3.63) is 34.9 Å². The summed E-state index contributed by atoms with van der Waals surface area (Å²) in [4.78, 5) is 24.9. The van der Waals surface area contributed by atoms with E-state index in [1.807, 2.05) is 0 Å². The fourth-order valence-electron chi connectivity index (χ4n) is 15.2. The first-order valence-electron chi connectivity index (χ1n) is 23.2. The van der Waals surface area contributed by atoms with E-state index < -0.39 is 54.3 Å². The van der Waals surface area contributed by atoms with E-state index in [2.05, 4.69) is 0 Å². The first kappa shape index (κ1) is 45.0. The summed E-state index contributed by atoms with van der Waals surface area (Å²) < 4.78 is 26.0. The second-order valence-electron chi connectivity index (χ2n) is 20.7. The average molecular weight is 899 g/mol. The zero-order valence-electron chi connectivity index (χ0n) is 36.3. The van der Waals surface area contributed by atoms with Gasteiger partial charge in [-0.05, 0) is 154 Å². The Morgan fingerprint density at radius 3 is 2.44 bits per heavy atom. The maximum absolute atomic E-state index is 12.6. The number of fused-ring (bicyclic) bond motifs is 2. The van der Waals surface area contributed by atoms with Crippen molar-refractivity contribution in [3.63, 3.8) is 0 Å². The van der Waals surface area contributed by atoms with Crippen LogP contribution in [0.15, 0.2) is 18.2 Å². The molecule has 0 bridgehead atoms. The van der Waals surface area contributed by atoms with E-state index in [0.29, 0.717) is 59.5 Å². The number of carboxylic acids is 1. The highest BCUT2D eigenvalue weighted by Gasteiger charge is 2.65. The molecule has 7 fully saturated rings. The molecule has 11 atom stereocenters. The lowest BCUT2D eigenvalue weighted by atomic mass is 9.50. The molecule has 6 N–H and O–H groups in total. The standard InChI is InChI=1S/C48H66O12S2/c1-28-17-31-18-32(42(55)56)19-34(37(31)39(52)36(28)29(2)51)59-43-40(53)41(54)48(35(22-50)60-43)13-7-30-20-44(14-15-47(24-44)12-5-11-46(47)9-3-4-10-46)21-33-23-57-25-45(38(30)33,8-6-16-49)26-61-62-27-58-48/h17-19,30,33,35,38,40-41,43,49-50,52-54H,3-16,20-27H2,1-2H3,(H,55,56). The number of carbonyl (C=O) groups excluding carboxylic acids is 1. The van der Waals surface area contributed by atoms with Crippen LogP contribution < -0.4 is 4.74 Å². The maximum atomic E-state index is 12.6. The monoisotopic (exact) mass is 898 g/mol. The number of rotatable bonds is 8. The van der Waals surface area contributed by atoms with Gasteiger partial charge < -0.3 is 49.6 Å². The summed E-state index contributed by atoms with van der Waals surface area (Å²) in [6, 6.07) is 4.16. The van der Waals surface area contributed by atoms with Gasteiger partial charge in [0.1, 0.15) is 41.4 Å². The number of ketones is 1. The number of phenols is 1. The summed E-state index contributed by atoms with van der Waals surface area (Å²) in [5.74, 6) is -0.268.